The molecule has 4 rings (SSSR count). The molecule has 6 nitrogen and oxygen atoms in total. The fraction of sp³-hybridized carbons (Fsp3) is 0.542. The normalized spacial score (nSPS) is 18.5. The molecule has 2 aliphatic rings. The largest absolute Gasteiger partial charge is 0.354 e. The number of nitrogens with zero attached hydrogens (tertiary/aromatic N) is 5. The van der Waals surface area contributed by atoms with Crippen molar-refractivity contribution in [1.82, 2.24) is 14.9 Å². The van der Waals surface area contributed by atoms with Crippen molar-refractivity contribution < 1.29 is 4.79 Å². The van der Waals surface area contributed by atoms with Crippen molar-refractivity contribution in [3.63, 3.8) is 0 Å². The summed E-state index contributed by atoms with van der Waals surface area (Å²) >= 11 is 0. The van der Waals surface area contributed by atoms with Crippen molar-refractivity contribution in [2.75, 3.05) is 42.6 Å². The van der Waals surface area contributed by atoms with Crippen molar-refractivity contribution in [1.29, 1.82) is 0 Å². The first-order valence-corrected chi connectivity index (χ1v) is 11.0. The molecule has 162 valence electrons. The lowest BCUT2D eigenvalue weighted by molar-refractivity contribution is -0.120. The Morgan fingerprint density at radius 1 is 1.00 bits per heavy atom. The minimum Gasteiger partial charge on any atom is -0.354 e. The fourth-order valence-electron chi connectivity index (χ4n) is 4.32. The Labute approximate surface area is 180 Å². The summed E-state index contributed by atoms with van der Waals surface area (Å²) in [7, 11) is 0. The maximum absolute atomic E-state index is 12.9. The summed E-state index contributed by atoms with van der Waals surface area (Å²) in [6, 6.07) is 10.4. The van der Waals surface area contributed by atoms with E-state index < -0.39 is 0 Å². The number of aryl methyl sites for hydroxylation is 2. The first kappa shape index (κ1) is 22.2. The van der Waals surface area contributed by atoms with Gasteiger partial charge in [0.25, 0.3) is 0 Å². The van der Waals surface area contributed by atoms with Crippen LogP contribution in [-0.2, 0) is 10.2 Å². The minimum atomic E-state index is -0.106. The fourth-order valence-corrected chi connectivity index (χ4v) is 4.32. The van der Waals surface area contributed by atoms with Gasteiger partial charge in [-0.05, 0) is 25.5 Å². The van der Waals surface area contributed by atoms with Gasteiger partial charge in [0.15, 0.2) is 0 Å². The van der Waals surface area contributed by atoms with Gasteiger partial charge < -0.3 is 4.90 Å². The van der Waals surface area contributed by atoms with E-state index in [1.807, 2.05) is 38.7 Å². The molecule has 1 saturated heterocycles. The zero-order valence-electron chi connectivity index (χ0n) is 19.3. The van der Waals surface area contributed by atoms with Gasteiger partial charge >= 0.3 is 0 Å². The zero-order valence-corrected chi connectivity index (χ0v) is 19.3. The van der Waals surface area contributed by atoms with Crippen molar-refractivity contribution in [3.8, 4) is 0 Å². The highest BCUT2D eigenvalue weighted by Crippen LogP contribution is 2.40. The Hall–Kier alpha value is -2.47. The molecule has 1 fully saturated rings. The maximum atomic E-state index is 12.9. The number of fused-ring (bicyclic) bond motifs is 1. The van der Waals surface area contributed by atoms with Crippen LogP contribution in [-0.4, -0.2) is 53.6 Å². The van der Waals surface area contributed by atoms with Gasteiger partial charge in [-0.25, -0.2) is 9.97 Å². The molecule has 0 bridgehead atoms. The van der Waals surface area contributed by atoms with Gasteiger partial charge in [-0.15, -0.1) is 0 Å². The molecule has 0 atom stereocenters. The number of hydrogen-bond donors (Lipinski definition) is 0. The summed E-state index contributed by atoms with van der Waals surface area (Å²) in [6.45, 7) is 16.6. The first-order valence-electron chi connectivity index (χ1n) is 11.0. The molecule has 1 aromatic heterocycles. The highest BCUT2D eigenvalue weighted by Gasteiger charge is 2.37. The summed E-state index contributed by atoms with van der Waals surface area (Å²) in [5.74, 6) is 2.04. The van der Waals surface area contributed by atoms with Crippen LogP contribution in [0.25, 0.3) is 0 Å². The Morgan fingerprint density at radius 3 is 2.33 bits per heavy atom. The molecule has 0 radical (unpaired) electrons. The van der Waals surface area contributed by atoms with Gasteiger partial charge in [0, 0.05) is 55.5 Å². The molecular weight excluding hydrogens is 374 g/mol. The number of amides is 1. The molecule has 0 spiro atoms. The molecule has 2 aliphatic heterocycles. The van der Waals surface area contributed by atoms with Crippen LogP contribution in [0, 0.1) is 13.8 Å². The van der Waals surface area contributed by atoms with Crippen molar-refractivity contribution in [3.05, 3.63) is 47.4 Å². The third-order valence-corrected chi connectivity index (χ3v) is 5.81. The average molecular weight is 410 g/mol. The number of carbonyl (C=O) groups excluding carboxylic acids is 1. The first-order chi connectivity index (χ1) is 14.3. The van der Waals surface area contributed by atoms with Crippen molar-refractivity contribution in [2.45, 2.75) is 53.4 Å². The van der Waals surface area contributed by atoms with Crippen LogP contribution in [0.4, 0.5) is 11.5 Å². The number of carbonyl (C=O) groups is 1. The molecule has 1 aromatic carbocycles. The van der Waals surface area contributed by atoms with E-state index in [-0.39, 0.29) is 11.3 Å². The summed E-state index contributed by atoms with van der Waals surface area (Å²) in [5.41, 5.74) is 3.22. The monoisotopic (exact) mass is 409 g/mol. The number of hydrogen-bond acceptors (Lipinski definition) is 5. The topological polar surface area (TPSA) is 52.6 Å². The molecule has 0 saturated carbocycles. The SMILES string of the molecule is CC.Cc1cc(N2CCN(CN3C(=O)CC(C)(C)c4ccccc43)CC2)nc(C)n1. The van der Waals surface area contributed by atoms with E-state index in [1.165, 1.54) is 5.56 Å². The van der Waals surface area contributed by atoms with E-state index >= 15 is 0 Å². The van der Waals surface area contributed by atoms with Crippen LogP contribution >= 0.6 is 0 Å². The summed E-state index contributed by atoms with van der Waals surface area (Å²) in [4.78, 5) is 28.5. The van der Waals surface area contributed by atoms with Crippen molar-refractivity contribution in [2.24, 2.45) is 0 Å². The van der Waals surface area contributed by atoms with Crippen LogP contribution in [0.2, 0.25) is 0 Å². The van der Waals surface area contributed by atoms with E-state index in [0.717, 1.165) is 49.2 Å². The van der Waals surface area contributed by atoms with Gasteiger partial charge in [-0.2, -0.15) is 0 Å². The van der Waals surface area contributed by atoms with Gasteiger partial charge in [0.1, 0.15) is 11.6 Å². The Bertz CT molecular complexity index is 867. The second-order valence-corrected chi connectivity index (χ2v) is 8.56. The molecule has 0 unspecified atom stereocenters. The highest BCUT2D eigenvalue weighted by atomic mass is 16.2. The number of para-hydroxylation sites is 1. The van der Waals surface area contributed by atoms with Crippen molar-refractivity contribution >= 4 is 17.4 Å². The predicted molar refractivity (Wildman–Crippen MR) is 123 cm³/mol. The molecular formula is C24H35N5O. The van der Waals surface area contributed by atoms with E-state index in [1.54, 1.807) is 0 Å². The Morgan fingerprint density at radius 2 is 1.67 bits per heavy atom. The smallest absolute Gasteiger partial charge is 0.228 e. The van der Waals surface area contributed by atoms with Gasteiger partial charge in [-0.3, -0.25) is 14.6 Å². The number of anilines is 2. The second-order valence-electron chi connectivity index (χ2n) is 8.56. The minimum absolute atomic E-state index is 0.106. The lowest BCUT2D eigenvalue weighted by atomic mass is 9.77. The molecule has 0 N–H and O–H groups in total. The molecule has 3 heterocycles. The van der Waals surface area contributed by atoms with Gasteiger partial charge in [-0.1, -0.05) is 45.9 Å². The number of benzene rings is 1. The molecule has 1 amide bonds. The van der Waals surface area contributed by atoms with E-state index in [4.69, 9.17) is 0 Å². The standard InChI is InChI=1S/C22H29N5O.C2H6/c1-16-13-20(24-17(2)23-16)26-11-9-25(10-12-26)15-27-19-8-6-5-7-18(19)22(3,4)14-21(27)28;1-2/h5-8,13H,9-12,14-15H2,1-4H3;1-2H3. The summed E-state index contributed by atoms with van der Waals surface area (Å²) in [5, 5.41) is 0. The molecule has 2 aromatic rings. The van der Waals surface area contributed by atoms with E-state index in [9.17, 15) is 4.79 Å². The predicted octanol–water partition coefficient (Wildman–Crippen LogP) is 3.91. The summed E-state index contributed by atoms with van der Waals surface area (Å²) in [6.07, 6.45) is 0.559. The third-order valence-electron chi connectivity index (χ3n) is 5.81. The lowest BCUT2D eigenvalue weighted by Gasteiger charge is -2.42. The molecule has 30 heavy (non-hydrogen) atoms. The van der Waals surface area contributed by atoms with E-state index in [0.29, 0.717) is 13.1 Å². The highest BCUT2D eigenvalue weighted by molar-refractivity contribution is 5.97. The number of piperazine rings is 1. The van der Waals surface area contributed by atoms with Crippen LogP contribution in [0.1, 0.15) is 51.2 Å². The maximum Gasteiger partial charge on any atom is 0.228 e. The van der Waals surface area contributed by atoms with E-state index in [2.05, 4.69) is 57.9 Å². The number of aromatic nitrogens is 2. The second kappa shape index (κ2) is 9.13. The average Bonchev–Trinajstić information content (AvgIpc) is 2.72. The quantitative estimate of drug-likeness (QED) is 0.769. The van der Waals surface area contributed by atoms with Gasteiger partial charge in [0.2, 0.25) is 5.91 Å². The third kappa shape index (κ3) is 4.64. The Kier molecular flexibility index (Phi) is 6.76. The lowest BCUT2D eigenvalue weighted by Crippen LogP contribution is -2.53. The van der Waals surface area contributed by atoms with Gasteiger partial charge in [0.05, 0.1) is 6.67 Å². The zero-order chi connectivity index (χ0) is 21.9. The van der Waals surface area contributed by atoms with Crippen LogP contribution < -0.4 is 9.80 Å². The summed E-state index contributed by atoms with van der Waals surface area (Å²) < 4.78 is 0. The van der Waals surface area contributed by atoms with Crippen LogP contribution in [0.5, 0.6) is 0 Å². The molecule has 6 heteroatoms. The van der Waals surface area contributed by atoms with Crippen LogP contribution in [0.15, 0.2) is 30.3 Å². The van der Waals surface area contributed by atoms with Crippen LogP contribution in [0.3, 0.4) is 0 Å². The Balaban J connectivity index is 0.00000124. The molecule has 0 aliphatic carbocycles. The number of rotatable bonds is 3.